The first-order chi connectivity index (χ1) is 41.8. The summed E-state index contributed by atoms with van der Waals surface area (Å²) < 4.78 is 11.3. The molecule has 9 nitrogen and oxygen atoms in total. The number of ether oxygens (including phenoxy) is 2. The van der Waals surface area contributed by atoms with E-state index in [0.29, 0.717) is 6.42 Å². The summed E-state index contributed by atoms with van der Waals surface area (Å²) in [6.07, 6.45) is 81.4. The van der Waals surface area contributed by atoms with Gasteiger partial charge in [-0.05, 0) is 57.8 Å². The van der Waals surface area contributed by atoms with E-state index in [-0.39, 0.29) is 12.5 Å². The third-order valence-electron chi connectivity index (χ3n) is 18.2. The van der Waals surface area contributed by atoms with E-state index in [9.17, 15) is 30.3 Å². The normalized spacial score (nSPS) is 18.2. The van der Waals surface area contributed by atoms with Crippen molar-refractivity contribution >= 4 is 5.91 Å². The van der Waals surface area contributed by atoms with E-state index in [1.807, 2.05) is 6.08 Å². The Kier molecular flexibility index (Phi) is 62.6. The molecular formula is C76H145NO8. The largest absolute Gasteiger partial charge is 0.394 e. The molecule has 0 aromatic heterocycles. The van der Waals surface area contributed by atoms with E-state index in [1.54, 1.807) is 6.08 Å². The fourth-order valence-corrected chi connectivity index (χ4v) is 12.3. The van der Waals surface area contributed by atoms with Gasteiger partial charge in [0.1, 0.15) is 24.4 Å². The number of rotatable bonds is 67. The van der Waals surface area contributed by atoms with Gasteiger partial charge in [-0.25, -0.2) is 0 Å². The molecule has 1 aliphatic heterocycles. The predicted molar refractivity (Wildman–Crippen MR) is 364 cm³/mol. The number of hydrogen-bond donors (Lipinski definition) is 6. The minimum Gasteiger partial charge on any atom is -0.394 e. The molecule has 1 rings (SSSR count). The van der Waals surface area contributed by atoms with E-state index in [0.717, 1.165) is 38.5 Å². The number of aliphatic hydroxyl groups excluding tert-OH is 5. The summed E-state index contributed by atoms with van der Waals surface area (Å²) in [5, 5.41) is 54.8. The Balaban J connectivity index is 2.11. The quantitative estimate of drug-likeness (QED) is 0.0261. The van der Waals surface area contributed by atoms with Crippen LogP contribution in [-0.2, 0) is 14.3 Å². The Labute approximate surface area is 527 Å². The van der Waals surface area contributed by atoms with Crippen LogP contribution >= 0.6 is 0 Å². The highest BCUT2D eigenvalue weighted by molar-refractivity contribution is 5.76. The molecule has 7 atom stereocenters. The van der Waals surface area contributed by atoms with Crippen LogP contribution in [0.2, 0.25) is 0 Å². The Morgan fingerprint density at radius 2 is 0.671 bits per heavy atom. The number of amides is 1. The molecule has 1 amide bonds. The van der Waals surface area contributed by atoms with Crippen molar-refractivity contribution < 1.29 is 39.8 Å². The predicted octanol–water partition coefficient (Wildman–Crippen LogP) is 21.0. The van der Waals surface area contributed by atoms with Crippen LogP contribution in [0.4, 0.5) is 0 Å². The van der Waals surface area contributed by atoms with Gasteiger partial charge in [0.25, 0.3) is 0 Å². The first-order valence-electron chi connectivity index (χ1n) is 37.7. The summed E-state index contributed by atoms with van der Waals surface area (Å²) in [6, 6.07) is -0.822. The lowest BCUT2D eigenvalue weighted by Crippen LogP contribution is -2.60. The first-order valence-corrected chi connectivity index (χ1v) is 37.7. The number of nitrogens with one attached hydrogen (secondary N) is 1. The zero-order valence-electron chi connectivity index (χ0n) is 56.4. The third-order valence-corrected chi connectivity index (χ3v) is 18.2. The highest BCUT2D eigenvalue weighted by Crippen LogP contribution is 2.24. The van der Waals surface area contributed by atoms with Crippen LogP contribution in [0, 0.1) is 0 Å². The van der Waals surface area contributed by atoms with Crippen molar-refractivity contribution in [2.45, 2.75) is 429 Å². The average Bonchev–Trinajstić information content (AvgIpc) is 3.54. The number of unbranched alkanes of at least 4 members (excludes halogenated alkanes) is 53. The monoisotopic (exact) mass is 1200 g/mol. The Morgan fingerprint density at radius 1 is 0.388 bits per heavy atom. The molecule has 0 spiro atoms. The molecule has 7 unspecified atom stereocenters. The summed E-state index contributed by atoms with van der Waals surface area (Å²) in [7, 11) is 0. The van der Waals surface area contributed by atoms with E-state index < -0.39 is 49.5 Å². The van der Waals surface area contributed by atoms with Gasteiger partial charge in [-0.1, -0.05) is 359 Å². The molecule has 1 heterocycles. The van der Waals surface area contributed by atoms with Crippen LogP contribution in [0.5, 0.6) is 0 Å². The second-order valence-corrected chi connectivity index (χ2v) is 26.4. The summed E-state index contributed by atoms with van der Waals surface area (Å²) >= 11 is 0. The fourth-order valence-electron chi connectivity index (χ4n) is 12.3. The number of carbonyl (C=O) groups is 1. The average molecular weight is 1200 g/mol. The fraction of sp³-hybridized carbons (Fsp3) is 0.908. The number of allylic oxidation sites excluding steroid dienone is 5. The van der Waals surface area contributed by atoms with Gasteiger partial charge in [0.15, 0.2) is 6.29 Å². The maximum absolute atomic E-state index is 13.1. The molecule has 6 N–H and O–H groups in total. The standard InChI is InChI=1S/C76H145NO8/c1-3-5-7-9-11-13-15-17-19-21-23-25-27-29-31-33-35-37-39-41-43-45-47-49-51-53-55-57-59-61-63-65-70(79)69(68-84-76-75(83)74(82)73(81)71(67-78)85-76)77-72(80)66-64-62-60-58-56-54-52-50-48-46-44-42-40-38-36-34-32-30-28-26-24-22-20-18-16-14-12-10-8-6-4-2/h22,24,55,57,63,65,69-71,73-76,78-79,81-83H,3-21,23,25-54,56,58-62,64,66-68H2,1-2H3,(H,77,80)/b24-22-,57-55+,65-63+. The summed E-state index contributed by atoms with van der Waals surface area (Å²) in [5.74, 6) is -0.179. The molecule has 9 heteroatoms. The van der Waals surface area contributed by atoms with Gasteiger partial charge < -0.3 is 40.3 Å². The lowest BCUT2D eigenvalue weighted by atomic mass is 9.99. The van der Waals surface area contributed by atoms with Crippen LogP contribution in [0.3, 0.4) is 0 Å². The van der Waals surface area contributed by atoms with Crippen molar-refractivity contribution in [3.05, 3.63) is 36.5 Å². The maximum atomic E-state index is 13.1. The van der Waals surface area contributed by atoms with Crippen LogP contribution in [0.15, 0.2) is 36.5 Å². The van der Waals surface area contributed by atoms with Crippen molar-refractivity contribution in [2.24, 2.45) is 0 Å². The van der Waals surface area contributed by atoms with Crippen LogP contribution in [-0.4, -0.2) is 87.5 Å². The first kappa shape index (κ1) is 81.4. The maximum Gasteiger partial charge on any atom is 0.220 e. The molecule has 0 radical (unpaired) electrons. The minimum atomic E-state index is -1.57. The van der Waals surface area contributed by atoms with Gasteiger partial charge in [0, 0.05) is 6.42 Å². The molecule has 0 aromatic carbocycles. The van der Waals surface area contributed by atoms with Crippen LogP contribution in [0.1, 0.15) is 386 Å². The van der Waals surface area contributed by atoms with Crippen molar-refractivity contribution in [1.29, 1.82) is 0 Å². The minimum absolute atomic E-state index is 0.179. The number of carbonyl (C=O) groups excluding carboxylic acids is 1. The van der Waals surface area contributed by atoms with Gasteiger partial charge in [0.05, 0.1) is 25.4 Å². The summed E-state index contributed by atoms with van der Waals surface area (Å²) in [6.45, 7) is 3.82. The van der Waals surface area contributed by atoms with Gasteiger partial charge in [0.2, 0.25) is 5.91 Å². The van der Waals surface area contributed by atoms with Gasteiger partial charge in [-0.2, -0.15) is 0 Å². The van der Waals surface area contributed by atoms with E-state index in [2.05, 4.69) is 43.5 Å². The number of hydrogen-bond acceptors (Lipinski definition) is 8. The molecule has 0 saturated carbocycles. The Morgan fingerprint density at radius 3 is 0.988 bits per heavy atom. The van der Waals surface area contributed by atoms with Gasteiger partial charge in [-0.15, -0.1) is 0 Å². The second kappa shape index (κ2) is 65.4. The molecule has 1 aliphatic rings. The van der Waals surface area contributed by atoms with Crippen molar-refractivity contribution in [3.8, 4) is 0 Å². The molecule has 1 fully saturated rings. The molecule has 0 aliphatic carbocycles. The summed E-state index contributed by atoms with van der Waals surface area (Å²) in [4.78, 5) is 13.1. The molecular weight excluding hydrogens is 1050 g/mol. The second-order valence-electron chi connectivity index (χ2n) is 26.4. The van der Waals surface area contributed by atoms with E-state index in [1.165, 1.54) is 327 Å². The van der Waals surface area contributed by atoms with Crippen LogP contribution in [0.25, 0.3) is 0 Å². The lowest BCUT2D eigenvalue weighted by Gasteiger charge is -2.40. The van der Waals surface area contributed by atoms with Crippen LogP contribution < -0.4 is 5.32 Å². The van der Waals surface area contributed by atoms with Crippen molar-refractivity contribution in [1.82, 2.24) is 5.32 Å². The molecule has 1 saturated heterocycles. The Bertz CT molecular complexity index is 1440. The molecule has 0 bridgehead atoms. The van der Waals surface area contributed by atoms with E-state index >= 15 is 0 Å². The van der Waals surface area contributed by atoms with Crippen molar-refractivity contribution in [2.75, 3.05) is 13.2 Å². The molecule has 0 aromatic rings. The summed E-state index contributed by atoms with van der Waals surface area (Å²) in [5.41, 5.74) is 0. The zero-order valence-corrected chi connectivity index (χ0v) is 56.4. The number of aliphatic hydroxyl groups is 5. The highest BCUT2D eigenvalue weighted by atomic mass is 16.7. The van der Waals surface area contributed by atoms with Gasteiger partial charge >= 0.3 is 0 Å². The SMILES string of the molecule is CCCCCCCCCC/C=C\CCCCCCCCCCCCCCCCCCCCCC(=O)NC(COC1OC(CO)C(O)C(O)C1O)C(O)/C=C/CC/C=C/CCCCCCCCCCCCCCCCCCCCCCCCCCC. The lowest BCUT2D eigenvalue weighted by molar-refractivity contribution is -0.302. The smallest absolute Gasteiger partial charge is 0.220 e. The zero-order chi connectivity index (χ0) is 61.4. The van der Waals surface area contributed by atoms with E-state index in [4.69, 9.17) is 9.47 Å². The molecule has 85 heavy (non-hydrogen) atoms. The van der Waals surface area contributed by atoms with Gasteiger partial charge in [-0.3, -0.25) is 4.79 Å². The highest BCUT2D eigenvalue weighted by Gasteiger charge is 2.44. The molecule has 502 valence electrons. The van der Waals surface area contributed by atoms with Crippen molar-refractivity contribution in [3.63, 3.8) is 0 Å². The topological polar surface area (TPSA) is 149 Å². The third kappa shape index (κ3) is 53.9. The Hall–Kier alpha value is -1.59.